The molecular weight excluding hydrogens is 208 g/mol. The number of hydrogen-bond donors (Lipinski definition) is 2. The van der Waals surface area contributed by atoms with E-state index in [4.69, 9.17) is 5.73 Å². The Morgan fingerprint density at radius 3 is 2.65 bits per heavy atom. The molecule has 2 aliphatic rings. The molecule has 0 aliphatic heterocycles. The van der Waals surface area contributed by atoms with E-state index in [1.165, 1.54) is 51.5 Å². The van der Waals surface area contributed by atoms with Gasteiger partial charge in [-0.15, -0.1) is 0 Å². The highest BCUT2D eigenvalue weighted by atomic mass is 15.0. The minimum atomic E-state index is 0.270. The first kappa shape index (κ1) is 13.4. The van der Waals surface area contributed by atoms with Crippen LogP contribution >= 0.6 is 0 Å². The largest absolute Gasteiger partial charge is 0.329 e. The van der Waals surface area contributed by atoms with E-state index in [1.54, 1.807) is 0 Å². The van der Waals surface area contributed by atoms with Crippen molar-refractivity contribution >= 4 is 0 Å². The monoisotopic (exact) mass is 238 g/mol. The molecule has 100 valence electrons. The summed E-state index contributed by atoms with van der Waals surface area (Å²) in [6.45, 7) is 6.72. The van der Waals surface area contributed by atoms with Gasteiger partial charge in [-0.05, 0) is 50.0 Å². The molecule has 0 amide bonds. The van der Waals surface area contributed by atoms with E-state index >= 15 is 0 Å². The first-order valence-corrected chi connectivity index (χ1v) is 7.64. The van der Waals surface area contributed by atoms with Gasteiger partial charge < -0.3 is 11.1 Å². The van der Waals surface area contributed by atoms with Crippen LogP contribution in [0.5, 0.6) is 0 Å². The van der Waals surface area contributed by atoms with E-state index < -0.39 is 0 Å². The van der Waals surface area contributed by atoms with Crippen molar-refractivity contribution in [1.29, 1.82) is 0 Å². The van der Waals surface area contributed by atoms with Crippen LogP contribution < -0.4 is 11.1 Å². The van der Waals surface area contributed by atoms with Crippen LogP contribution in [0.2, 0.25) is 0 Å². The Morgan fingerprint density at radius 1 is 1.29 bits per heavy atom. The summed E-state index contributed by atoms with van der Waals surface area (Å²) in [6, 6.07) is 0. The Bertz CT molecular complexity index is 241. The minimum absolute atomic E-state index is 0.270. The van der Waals surface area contributed by atoms with E-state index in [9.17, 15) is 0 Å². The third kappa shape index (κ3) is 3.45. The SMILES string of the molecule is CCC1CCCC(CN)(NCC2CC2C)CC1. The van der Waals surface area contributed by atoms with Crippen LogP contribution in [0.3, 0.4) is 0 Å². The second-order valence-electron chi connectivity index (χ2n) is 6.54. The lowest BCUT2D eigenvalue weighted by atomic mass is 9.89. The summed E-state index contributed by atoms with van der Waals surface area (Å²) in [5.74, 6) is 2.83. The first-order chi connectivity index (χ1) is 8.19. The molecule has 0 aromatic rings. The van der Waals surface area contributed by atoms with Crippen molar-refractivity contribution in [2.24, 2.45) is 23.5 Å². The smallest absolute Gasteiger partial charge is 0.0304 e. The van der Waals surface area contributed by atoms with Crippen molar-refractivity contribution in [1.82, 2.24) is 5.32 Å². The van der Waals surface area contributed by atoms with Gasteiger partial charge in [0.2, 0.25) is 0 Å². The summed E-state index contributed by atoms with van der Waals surface area (Å²) < 4.78 is 0. The van der Waals surface area contributed by atoms with E-state index in [-0.39, 0.29) is 5.54 Å². The van der Waals surface area contributed by atoms with Gasteiger partial charge in [-0.2, -0.15) is 0 Å². The zero-order chi connectivity index (χ0) is 12.3. The molecule has 0 saturated heterocycles. The summed E-state index contributed by atoms with van der Waals surface area (Å²) in [6.07, 6.45) is 9.51. The van der Waals surface area contributed by atoms with Crippen LogP contribution in [-0.2, 0) is 0 Å². The number of nitrogens with two attached hydrogens (primary N) is 1. The molecule has 4 unspecified atom stereocenters. The minimum Gasteiger partial charge on any atom is -0.329 e. The maximum Gasteiger partial charge on any atom is 0.0304 e. The van der Waals surface area contributed by atoms with Gasteiger partial charge in [0.15, 0.2) is 0 Å². The van der Waals surface area contributed by atoms with Gasteiger partial charge >= 0.3 is 0 Å². The fourth-order valence-electron chi connectivity index (χ4n) is 3.37. The predicted molar refractivity (Wildman–Crippen MR) is 73.9 cm³/mol. The summed E-state index contributed by atoms with van der Waals surface area (Å²) in [5, 5.41) is 3.84. The lowest BCUT2D eigenvalue weighted by Gasteiger charge is -2.33. The normalized spacial score (nSPS) is 42.2. The van der Waals surface area contributed by atoms with Crippen LogP contribution in [-0.4, -0.2) is 18.6 Å². The zero-order valence-corrected chi connectivity index (χ0v) is 11.7. The van der Waals surface area contributed by atoms with Gasteiger partial charge in [0.05, 0.1) is 0 Å². The Hall–Kier alpha value is -0.0800. The maximum absolute atomic E-state index is 6.07. The van der Waals surface area contributed by atoms with Gasteiger partial charge in [0.1, 0.15) is 0 Å². The van der Waals surface area contributed by atoms with Gasteiger partial charge in [0.25, 0.3) is 0 Å². The third-order valence-electron chi connectivity index (χ3n) is 5.28. The number of hydrogen-bond acceptors (Lipinski definition) is 2. The molecule has 0 aromatic carbocycles. The molecule has 0 spiro atoms. The van der Waals surface area contributed by atoms with Gasteiger partial charge in [0, 0.05) is 12.1 Å². The van der Waals surface area contributed by atoms with Crippen LogP contribution in [0.25, 0.3) is 0 Å². The topological polar surface area (TPSA) is 38.0 Å². The molecule has 0 bridgehead atoms. The lowest BCUT2D eigenvalue weighted by molar-refractivity contribution is 0.282. The Labute approximate surface area is 107 Å². The standard InChI is InChI=1S/C15H30N2/c1-3-13-5-4-7-15(11-16,8-6-13)17-10-14-9-12(14)2/h12-14,17H,3-11,16H2,1-2H3. The fraction of sp³-hybridized carbons (Fsp3) is 1.00. The van der Waals surface area contributed by atoms with Crippen molar-refractivity contribution < 1.29 is 0 Å². The van der Waals surface area contributed by atoms with Crippen LogP contribution in [0, 0.1) is 17.8 Å². The van der Waals surface area contributed by atoms with Gasteiger partial charge in [-0.3, -0.25) is 0 Å². The summed E-state index contributed by atoms with van der Waals surface area (Å²) >= 11 is 0. The Balaban J connectivity index is 1.84. The average molecular weight is 238 g/mol. The fourth-order valence-corrected chi connectivity index (χ4v) is 3.37. The Kier molecular flexibility index (Phi) is 4.48. The molecule has 2 aliphatic carbocycles. The molecule has 2 fully saturated rings. The summed E-state index contributed by atoms with van der Waals surface area (Å²) in [5.41, 5.74) is 6.34. The van der Waals surface area contributed by atoms with E-state index in [1.807, 2.05) is 0 Å². The summed E-state index contributed by atoms with van der Waals surface area (Å²) in [4.78, 5) is 0. The number of nitrogens with one attached hydrogen (secondary N) is 1. The first-order valence-electron chi connectivity index (χ1n) is 7.64. The van der Waals surface area contributed by atoms with E-state index in [0.29, 0.717) is 0 Å². The molecule has 0 radical (unpaired) electrons. The van der Waals surface area contributed by atoms with Crippen molar-refractivity contribution in [2.75, 3.05) is 13.1 Å². The molecule has 2 heteroatoms. The van der Waals surface area contributed by atoms with E-state index in [0.717, 1.165) is 24.3 Å². The molecule has 2 rings (SSSR count). The molecular formula is C15H30N2. The highest BCUT2D eigenvalue weighted by Gasteiger charge is 2.36. The quantitative estimate of drug-likeness (QED) is 0.723. The maximum atomic E-state index is 6.07. The molecule has 4 atom stereocenters. The van der Waals surface area contributed by atoms with Crippen molar-refractivity contribution in [3.05, 3.63) is 0 Å². The highest BCUT2D eigenvalue weighted by Crippen LogP contribution is 2.38. The highest BCUT2D eigenvalue weighted by molar-refractivity contribution is 4.95. The average Bonchev–Trinajstić information content (AvgIpc) is 3.08. The second kappa shape index (κ2) is 5.71. The predicted octanol–water partition coefficient (Wildman–Crippen LogP) is 2.92. The van der Waals surface area contributed by atoms with Gasteiger partial charge in [-0.1, -0.05) is 33.1 Å². The van der Waals surface area contributed by atoms with Crippen molar-refractivity contribution in [3.63, 3.8) is 0 Å². The lowest BCUT2D eigenvalue weighted by Crippen LogP contribution is -2.51. The van der Waals surface area contributed by atoms with Gasteiger partial charge in [-0.25, -0.2) is 0 Å². The Morgan fingerprint density at radius 2 is 2.06 bits per heavy atom. The van der Waals surface area contributed by atoms with E-state index in [2.05, 4.69) is 19.2 Å². The molecule has 2 nitrogen and oxygen atoms in total. The molecule has 2 saturated carbocycles. The molecule has 0 aromatic heterocycles. The molecule has 3 N–H and O–H groups in total. The molecule has 0 heterocycles. The molecule has 17 heavy (non-hydrogen) atoms. The van der Waals surface area contributed by atoms with Crippen molar-refractivity contribution in [3.8, 4) is 0 Å². The third-order valence-corrected chi connectivity index (χ3v) is 5.28. The van der Waals surface area contributed by atoms with Crippen LogP contribution in [0.15, 0.2) is 0 Å². The number of rotatable bonds is 5. The van der Waals surface area contributed by atoms with Crippen LogP contribution in [0.1, 0.15) is 58.8 Å². The van der Waals surface area contributed by atoms with Crippen molar-refractivity contribution in [2.45, 2.75) is 64.3 Å². The van der Waals surface area contributed by atoms with Crippen LogP contribution in [0.4, 0.5) is 0 Å². The zero-order valence-electron chi connectivity index (χ0n) is 11.7. The summed E-state index contributed by atoms with van der Waals surface area (Å²) in [7, 11) is 0. The second-order valence-corrected chi connectivity index (χ2v) is 6.54.